The molecular weight excluding hydrogens is 296 g/mol. The molecule has 0 amide bonds. The summed E-state index contributed by atoms with van der Waals surface area (Å²) in [6.07, 6.45) is 1.09. The number of hydrogen-bond acceptors (Lipinski definition) is 7. The minimum Gasteiger partial charge on any atom is -0.353 e. The Labute approximate surface area is 135 Å². The van der Waals surface area contributed by atoms with E-state index in [1.807, 2.05) is 13.0 Å². The summed E-state index contributed by atoms with van der Waals surface area (Å²) in [5.41, 5.74) is 0.954. The SMILES string of the molecule is Cc1ccc(N2CCCN(c3nnc(C(C)C)s3)CC2)nn1. The van der Waals surface area contributed by atoms with Crippen LogP contribution in [0.2, 0.25) is 0 Å². The summed E-state index contributed by atoms with van der Waals surface area (Å²) in [5.74, 6) is 1.41. The summed E-state index contributed by atoms with van der Waals surface area (Å²) >= 11 is 1.71. The second-order valence-corrected chi connectivity index (χ2v) is 6.93. The van der Waals surface area contributed by atoms with Gasteiger partial charge in [-0.15, -0.1) is 15.3 Å². The molecule has 1 aliphatic rings. The smallest absolute Gasteiger partial charge is 0.208 e. The van der Waals surface area contributed by atoms with E-state index >= 15 is 0 Å². The largest absolute Gasteiger partial charge is 0.353 e. The number of aryl methyl sites for hydroxylation is 1. The molecule has 0 saturated carbocycles. The highest BCUT2D eigenvalue weighted by atomic mass is 32.1. The summed E-state index contributed by atoms with van der Waals surface area (Å²) in [6, 6.07) is 4.07. The normalized spacial score (nSPS) is 16.2. The van der Waals surface area contributed by atoms with Gasteiger partial charge in [0.05, 0.1) is 5.69 Å². The molecule has 1 aliphatic heterocycles. The molecule has 2 aromatic heterocycles. The van der Waals surface area contributed by atoms with E-state index in [2.05, 4.69) is 50.1 Å². The van der Waals surface area contributed by atoms with Gasteiger partial charge in [0.25, 0.3) is 0 Å². The predicted molar refractivity (Wildman–Crippen MR) is 89.8 cm³/mol. The van der Waals surface area contributed by atoms with Crippen molar-refractivity contribution in [3.63, 3.8) is 0 Å². The molecule has 2 aromatic rings. The van der Waals surface area contributed by atoms with E-state index in [0.717, 1.165) is 54.3 Å². The minimum atomic E-state index is 0.442. The maximum atomic E-state index is 4.36. The zero-order chi connectivity index (χ0) is 15.5. The Morgan fingerprint density at radius 1 is 0.955 bits per heavy atom. The predicted octanol–water partition coefficient (Wildman–Crippen LogP) is 2.48. The first-order valence-corrected chi connectivity index (χ1v) is 8.59. The van der Waals surface area contributed by atoms with E-state index in [1.165, 1.54) is 0 Å². The first-order valence-electron chi connectivity index (χ1n) is 7.77. The molecule has 118 valence electrons. The van der Waals surface area contributed by atoms with E-state index in [1.54, 1.807) is 11.3 Å². The van der Waals surface area contributed by atoms with Crippen molar-refractivity contribution in [1.29, 1.82) is 0 Å². The molecule has 0 aromatic carbocycles. The Kier molecular flexibility index (Phi) is 4.52. The third kappa shape index (κ3) is 3.35. The third-order valence-corrected chi connectivity index (χ3v) is 5.08. The quantitative estimate of drug-likeness (QED) is 0.866. The van der Waals surface area contributed by atoms with Crippen molar-refractivity contribution in [2.45, 2.75) is 33.1 Å². The van der Waals surface area contributed by atoms with E-state index in [-0.39, 0.29) is 0 Å². The van der Waals surface area contributed by atoms with Crippen LogP contribution in [0, 0.1) is 6.92 Å². The molecule has 6 nitrogen and oxygen atoms in total. The summed E-state index contributed by atoms with van der Waals surface area (Å²) < 4.78 is 0. The lowest BCUT2D eigenvalue weighted by Crippen LogP contribution is -2.31. The lowest BCUT2D eigenvalue weighted by molar-refractivity contribution is 0.781. The Morgan fingerprint density at radius 3 is 2.41 bits per heavy atom. The lowest BCUT2D eigenvalue weighted by Gasteiger charge is -2.21. The zero-order valence-corrected chi connectivity index (χ0v) is 14.2. The fourth-order valence-electron chi connectivity index (χ4n) is 2.49. The number of hydrogen-bond donors (Lipinski definition) is 0. The van der Waals surface area contributed by atoms with Crippen molar-refractivity contribution in [3.05, 3.63) is 22.8 Å². The molecule has 0 radical (unpaired) electrons. The molecule has 3 heterocycles. The molecule has 0 spiro atoms. The van der Waals surface area contributed by atoms with Gasteiger partial charge in [0, 0.05) is 32.1 Å². The number of nitrogens with zero attached hydrogens (tertiary/aromatic N) is 6. The molecule has 7 heteroatoms. The average molecular weight is 318 g/mol. The van der Waals surface area contributed by atoms with Crippen LogP contribution in [-0.4, -0.2) is 46.6 Å². The van der Waals surface area contributed by atoms with Gasteiger partial charge in [-0.1, -0.05) is 25.2 Å². The van der Waals surface area contributed by atoms with Crippen LogP contribution in [0.1, 0.15) is 36.9 Å². The Hall–Kier alpha value is -1.76. The monoisotopic (exact) mass is 318 g/mol. The molecule has 3 rings (SSSR count). The van der Waals surface area contributed by atoms with Gasteiger partial charge in [0.2, 0.25) is 5.13 Å². The van der Waals surface area contributed by atoms with Crippen LogP contribution in [0.5, 0.6) is 0 Å². The summed E-state index contributed by atoms with van der Waals surface area (Å²) in [6.45, 7) is 10.2. The van der Waals surface area contributed by atoms with Gasteiger partial charge >= 0.3 is 0 Å². The maximum Gasteiger partial charge on any atom is 0.208 e. The minimum absolute atomic E-state index is 0.442. The van der Waals surface area contributed by atoms with Crippen LogP contribution in [0.4, 0.5) is 10.9 Å². The highest BCUT2D eigenvalue weighted by molar-refractivity contribution is 7.15. The second-order valence-electron chi connectivity index (χ2n) is 5.94. The van der Waals surface area contributed by atoms with Crippen LogP contribution < -0.4 is 9.80 Å². The van der Waals surface area contributed by atoms with Crippen molar-refractivity contribution in [1.82, 2.24) is 20.4 Å². The Bertz CT molecular complexity index is 609. The molecule has 0 bridgehead atoms. The Morgan fingerprint density at radius 2 is 1.73 bits per heavy atom. The van der Waals surface area contributed by atoms with E-state index < -0.39 is 0 Å². The average Bonchev–Trinajstić information content (AvgIpc) is 2.87. The van der Waals surface area contributed by atoms with Gasteiger partial charge in [0.15, 0.2) is 5.82 Å². The molecule has 1 saturated heterocycles. The van der Waals surface area contributed by atoms with E-state index in [4.69, 9.17) is 0 Å². The van der Waals surface area contributed by atoms with Crippen molar-refractivity contribution in [3.8, 4) is 0 Å². The van der Waals surface area contributed by atoms with Crippen LogP contribution in [0.3, 0.4) is 0 Å². The molecule has 0 N–H and O–H groups in total. The third-order valence-electron chi connectivity index (χ3n) is 3.80. The van der Waals surface area contributed by atoms with Crippen molar-refractivity contribution < 1.29 is 0 Å². The molecule has 1 fully saturated rings. The van der Waals surface area contributed by atoms with Gasteiger partial charge < -0.3 is 9.80 Å². The second kappa shape index (κ2) is 6.56. The van der Waals surface area contributed by atoms with Crippen molar-refractivity contribution in [2.75, 3.05) is 36.0 Å². The molecule has 22 heavy (non-hydrogen) atoms. The molecule has 0 aliphatic carbocycles. The topological polar surface area (TPSA) is 58.0 Å². The molecular formula is C15H22N6S. The van der Waals surface area contributed by atoms with Gasteiger partial charge in [-0.25, -0.2) is 0 Å². The van der Waals surface area contributed by atoms with Crippen LogP contribution >= 0.6 is 11.3 Å². The number of anilines is 2. The van der Waals surface area contributed by atoms with Crippen LogP contribution in [0.15, 0.2) is 12.1 Å². The van der Waals surface area contributed by atoms with Crippen molar-refractivity contribution >= 4 is 22.3 Å². The van der Waals surface area contributed by atoms with Crippen LogP contribution in [-0.2, 0) is 0 Å². The summed E-state index contributed by atoms with van der Waals surface area (Å²) in [4.78, 5) is 4.64. The fourth-order valence-corrected chi connectivity index (χ4v) is 3.38. The standard InChI is InChI=1S/C15H22N6S/c1-11(2)14-18-19-15(22-14)21-8-4-7-20(9-10-21)13-6-5-12(3)16-17-13/h5-6,11H,4,7-10H2,1-3H3. The number of aromatic nitrogens is 4. The summed E-state index contributed by atoms with van der Waals surface area (Å²) in [7, 11) is 0. The van der Waals surface area contributed by atoms with Crippen molar-refractivity contribution in [2.24, 2.45) is 0 Å². The first-order chi connectivity index (χ1) is 10.6. The zero-order valence-electron chi connectivity index (χ0n) is 13.4. The fraction of sp³-hybridized carbons (Fsp3) is 0.600. The van der Waals surface area contributed by atoms with Gasteiger partial charge in [0.1, 0.15) is 5.01 Å². The van der Waals surface area contributed by atoms with Gasteiger partial charge in [-0.05, 0) is 25.5 Å². The molecule has 0 atom stereocenters. The Balaban J connectivity index is 1.67. The first kappa shape index (κ1) is 15.1. The summed E-state index contributed by atoms with van der Waals surface area (Å²) in [5, 5.41) is 19.3. The number of rotatable bonds is 3. The highest BCUT2D eigenvalue weighted by Crippen LogP contribution is 2.26. The molecule has 0 unspecified atom stereocenters. The lowest BCUT2D eigenvalue weighted by atomic mass is 10.2. The van der Waals surface area contributed by atoms with E-state index in [0.29, 0.717) is 5.92 Å². The van der Waals surface area contributed by atoms with Gasteiger partial charge in [-0.2, -0.15) is 5.10 Å². The van der Waals surface area contributed by atoms with Gasteiger partial charge in [-0.3, -0.25) is 0 Å². The highest BCUT2D eigenvalue weighted by Gasteiger charge is 2.19. The van der Waals surface area contributed by atoms with Crippen LogP contribution in [0.25, 0.3) is 0 Å². The van der Waals surface area contributed by atoms with E-state index in [9.17, 15) is 0 Å². The maximum absolute atomic E-state index is 4.36.